The number of H-pyrrole nitrogens is 1. The molecule has 8 heteroatoms. The van der Waals surface area contributed by atoms with Gasteiger partial charge in [0.1, 0.15) is 0 Å². The van der Waals surface area contributed by atoms with Gasteiger partial charge in [-0.3, -0.25) is 14.6 Å². The maximum Gasteiger partial charge on any atom is 0.257 e. The lowest BCUT2D eigenvalue weighted by atomic mass is 10.1. The summed E-state index contributed by atoms with van der Waals surface area (Å²) < 4.78 is 26.4. The van der Waals surface area contributed by atoms with E-state index in [0.29, 0.717) is 30.2 Å². The molecule has 1 aromatic carbocycles. The minimum Gasteiger partial charge on any atom is -0.342 e. The molecule has 1 saturated heterocycles. The SMILES string of the molecule is O=C(c1ccc(F)c(F)c1)N1CCc2nc(N3CCCC3)[nH]c(=O)c2C1. The molecule has 0 unspecified atom stereocenters. The average Bonchev–Trinajstić information content (AvgIpc) is 3.18. The molecule has 0 saturated carbocycles. The third-order valence-corrected chi connectivity index (χ3v) is 4.92. The number of nitrogens with one attached hydrogen (secondary N) is 1. The van der Waals surface area contributed by atoms with Crippen LogP contribution in [0.2, 0.25) is 0 Å². The summed E-state index contributed by atoms with van der Waals surface area (Å²) in [5.41, 5.74) is 0.963. The first kappa shape index (κ1) is 16.7. The molecule has 1 amide bonds. The van der Waals surface area contributed by atoms with Crippen molar-refractivity contribution in [1.82, 2.24) is 14.9 Å². The molecule has 3 heterocycles. The molecule has 6 nitrogen and oxygen atoms in total. The van der Waals surface area contributed by atoms with Crippen LogP contribution >= 0.6 is 0 Å². The van der Waals surface area contributed by atoms with Crippen LogP contribution in [-0.4, -0.2) is 40.4 Å². The molecule has 0 atom stereocenters. The van der Waals surface area contributed by atoms with Crippen LogP contribution in [0, 0.1) is 11.6 Å². The van der Waals surface area contributed by atoms with Crippen LogP contribution < -0.4 is 10.5 Å². The Morgan fingerprint density at radius 3 is 2.62 bits per heavy atom. The van der Waals surface area contributed by atoms with E-state index in [1.807, 2.05) is 0 Å². The molecule has 2 aromatic rings. The number of carbonyl (C=O) groups is 1. The van der Waals surface area contributed by atoms with Crippen LogP contribution in [0.4, 0.5) is 14.7 Å². The van der Waals surface area contributed by atoms with Crippen LogP contribution in [0.25, 0.3) is 0 Å². The Bertz CT molecular complexity index is 922. The molecular weight excluding hydrogens is 342 g/mol. The zero-order valence-corrected chi connectivity index (χ0v) is 14.1. The lowest BCUT2D eigenvalue weighted by Gasteiger charge is -2.28. The summed E-state index contributed by atoms with van der Waals surface area (Å²) in [5, 5.41) is 0. The second-order valence-corrected chi connectivity index (χ2v) is 6.61. The number of amides is 1. The number of carbonyl (C=O) groups excluding carboxylic acids is 1. The number of nitrogens with zero attached hydrogens (tertiary/aromatic N) is 3. The molecule has 26 heavy (non-hydrogen) atoms. The predicted molar refractivity (Wildman–Crippen MR) is 91.1 cm³/mol. The first-order chi connectivity index (χ1) is 12.5. The number of halogens is 2. The van der Waals surface area contributed by atoms with E-state index in [1.54, 1.807) is 0 Å². The smallest absolute Gasteiger partial charge is 0.257 e. The van der Waals surface area contributed by atoms with E-state index >= 15 is 0 Å². The fourth-order valence-electron chi connectivity index (χ4n) is 3.48. The Kier molecular flexibility index (Phi) is 4.18. The van der Waals surface area contributed by atoms with E-state index in [2.05, 4.69) is 14.9 Å². The standard InChI is InChI=1S/C18H18F2N4O2/c19-13-4-3-11(9-14(13)20)17(26)24-8-5-15-12(10-24)16(25)22-18(21-15)23-6-1-2-7-23/h3-4,9H,1-2,5-8,10H2,(H,21,22,25). The van der Waals surface area contributed by atoms with E-state index in [0.717, 1.165) is 38.1 Å². The second-order valence-electron chi connectivity index (χ2n) is 6.61. The highest BCUT2D eigenvalue weighted by Gasteiger charge is 2.27. The molecule has 4 rings (SSSR count). The Morgan fingerprint density at radius 1 is 1.12 bits per heavy atom. The summed E-state index contributed by atoms with van der Waals surface area (Å²) in [6.07, 6.45) is 2.62. The van der Waals surface area contributed by atoms with Gasteiger partial charge in [0.15, 0.2) is 11.6 Å². The molecule has 1 fully saturated rings. The predicted octanol–water partition coefficient (Wildman–Crippen LogP) is 1.85. The highest BCUT2D eigenvalue weighted by atomic mass is 19.2. The van der Waals surface area contributed by atoms with Gasteiger partial charge in [-0.1, -0.05) is 0 Å². The van der Waals surface area contributed by atoms with E-state index in [9.17, 15) is 18.4 Å². The lowest BCUT2D eigenvalue weighted by molar-refractivity contribution is 0.0732. The number of fused-ring (bicyclic) bond motifs is 1. The first-order valence-electron chi connectivity index (χ1n) is 8.64. The maximum absolute atomic E-state index is 13.4. The van der Waals surface area contributed by atoms with Crippen LogP contribution in [0.15, 0.2) is 23.0 Å². The number of aromatic nitrogens is 2. The molecule has 1 N–H and O–H groups in total. The van der Waals surface area contributed by atoms with Gasteiger partial charge in [-0.05, 0) is 31.0 Å². The molecule has 2 aliphatic heterocycles. The van der Waals surface area contributed by atoms with Gasteiger partial charge in [0.2, 0.25) is 5.95 Å². The third-order valence-electron chi connectivity index (χ3n) is 4.92. The second kappa shape index (κ2) is 6.51. The van der Waals surface area contributed by atoms with Crippen molar-refractivity contribution in [2.75, 3.05) is 24.5 Å². The summed E-state index contributed by atoms with van der Waals surface area (Å²) in [6.45, 7) is 2.24. The van der Waals surface area contributed by atoms with Gasteiger partial charge in [0, 0.05) is 31.6 Å². The number of hydrogen-bond acceptors (Lipinski definition) is 4. The van der Waals surface area contributed by atoms with Crippen LogP contribution in [0.3, 0.4) is 0 Å². The van der Waals surface area contributed by atoms with Crippen molar-refractivity contribution in [3.05, 3.63) is 57.0 Å². The first-order valence-corrected chi connectivity index (χ1v) is 8.64. The quantitative estimate of drug-likeness (QED) is 0.887. The zero-order chi connectivity index (χ0) is 18.3. The van der Waals surface area contributed by atoms with Crippen molar-refractivity contribution >= 4 is 11.9 Å². The fourth-order valence-corrected chi connectivity index (χ4v) is 3.48. The number of rotatable bonds is 2. The third kappa shape index (κ3) is 2.95. The Morgan fingerprint density at radius 2 is 1.88 bits per heavy atom. The summed E-state index contributed by atoms with van der Waals surface area (Å²) >= 11 is 0. The van der Waals surface area contributed by atoms with Gasteiger partial charge < -0.3 is 9.80 Å². The number of anilines is 1. The summed E-state index contributed by atoms with van der Waals surface area (Å²) in [5.74, 6) is -1.91. The molecular formula is C18H18F2N4O2. The Hall–Kier alpha value is -2.77. The molecule has 0 aliphatic carbocycles. The largest absolute Gasteiger partial charge is 0.342 e. The molecule has 0 radical (unpaired) electrons. The van der Waals surface area contributed by atoms with Crippen molar-refractivity contribution in [3.63, 3.8) is 0 Å². The van der Waals surface area contributed by atoms with Crippen molar-refractivity contribution < 1.29 is 13.6 Å². The normalized spacial score (nSPS) is 16.7. The fraction of sp³-hybridized carbons (Fsp3) is 0.389. The summed E-state index contributed by atoms with van der Waals surface area (Å²) in [6, 6.07) is 3.05. The van der Waals surface area contributed by atoms with Crippen molar-refractivity contribution in [3.8, 4) is 0 Å². The number of hydrogen-bond donors (Lipinski definition) is 1. The van der Waals surface area contributed by atoms with Gasteiger partial charge in [0.05, 0.1) is 17.8 Å². The Balaban J connectivity index is 1.58. The summed E-state index contributed by atoms with van der Waals surface area (Å²) in [7, 11) is 0. The van der Waals surface area contributed by atoms with Gasteiger partial charge in [-0.2, -0.15) is 0 Å². The van der Waals surface area contributed by atoms with Gasteiger partial charge in [0.25, 0.3) is 11.5 Å². The minimum absolute atomic E-state index is 0.0606. The Labute approximate surface area is 148 Å². The topological polar surface area (TPSA) is 69.3 Å². The highest BCUT2D eigenvalue weighted by molar-refractivity contribution is 5.94. The van der Waals surface area contributed by atoms with E-state index in [4.69, 9.17) is 0 Å². The number of aromatic amines is 1. The maximum atomic E-state index is 13.4. The van der Waals surface area contributed by atoms with E-state index in [1.165, 1.54) is 11.0 Å². The van der Waals surface area contributed by atoms with Crippen molar-refractivity contribution in [2.45, 2.75) is 25.8 Å². The van der Waals surface area contributed by atoms with Crippen LogP contribution in [-0.2, 0) is 13.0 Å². The van der Waals surface area contributed by atoms with Gasteiger partial charge >= 0.3 is 0 Å². The monoisotopic (exact) mass is 360 g/mol. The van der Waals surface area contributed by atoms with E-state index in [-0.39, 0.29) is 17.7 Å². The molecule has 0 spiro atoms. The van der Waals surface area contributed by atoms with Crippen LogP contribution in [0.1, 0.15) is 34.5 Å². The molecule has 2 aliphatic rings. The van der Waals surface area contributed by atoms with Crippen molar-refractivity contribution in [1.29, 1.82) is 0 Å². The molecule has 1 aromatic heterocycles. The van der Waals surface area contributed by atoms with Gasteiger partial charge in [-0.15, -0.1) is 0 Å². The minimum atomic E-state index is -1.07. The number of benzene rings is 1. The molecule has 136 valence electrons. The van der Waals surface area contributed by atoms with Crippen molar-refractivity contribution in [2.24, 2.45) is 0 Å². The summed E-state index contributed by atoms with van der Waals surface area (Å²) in [4.78, 5) is 35.9. The van der Waals surface area contributed by atoms with Crippen LogP contribution in [0.5, 0.6) is 0 Å². The van der Waals surface area contributed by atoms with Gasteiger partial charge in [-0.25, -0.2) is 13.8 Å². The molecule has 0 bridgehead atoms. The lowest BCUT2D eigenvalue weighted by Crippen LogP contribution is -2.40. The zero-order valence-electron chi connectivity index (χ0n) is 14.1. The highest BCUT2D eigenvalue weighted by Crippen LogP contribution is 2.21. The average molecular weight is 360 g/mol. The van der Waals surface area contributed by atoms with E-state index < -0.39 is 17.5 Å².